The highest BCUT2D eigenvalue weighted by atomic mass is 19.1. The lowest BCUT2D eigenvalue weighted by atomic mass is 10.1. The Hall–Kier alpha value is -3.25. The molecule has 0 radical (unpaired) electrons. The maximum atomic E-state index is 13.7. The lowest BCUT2D eigenvalue weighted by Gasteiger charge is -2.05. The number of rotatable bonds is 6. The Kier molecular flexibility index (Phi) is 5.01. The van der Waals surface area contributed by atoms with E-state index >= 15 is 0 Å². The highest BCUT2D eigenvalue weighted by Gasteiger charge is 2.19. The average Bonchev–Trinajstić information content (AvgIpc) is 3.13. The molecule has 5 nitrogen and oxygen atoms in total. The van der Waals surface area contributed by atoms with Crippen molar-refractivity contribution in [3.8, 4) is 0 Å². The van der Waals surface area contributed by atoms with Crippen LogP contribution in [-0.2, 0) is 6.54 Å². The average molecular weight is 338 g/mol. The van der Waals surface area contributed by atoms with E-state index in [-0.39, 0.29) is 17.1 Å². The molecule has 0 saturated carbocycles. The van der Waals surface area contributed by atoms with Crippen LogP contribution in [0.1, 0.15) is 32.2 Å². The molecule has 0 fully saturated rings. The molecule has 1 heterocycles. The number of ketones is 1. The summed E-state index contributed by atoms with van der Waals surface area (Å²) in [6, 6.07) is 17.8. The van der Waals surface area contributed by atoms with Gasteiger partial charge in [-0.3, -0.25) is 15.0 Å². The summed E-state index contributed by atoms with van der Waals surface area (Å²) in [5, 5.41) is 0. The third kappa shape index (κ3) is 3.99. The van der Waals surface area contributed by atoms with Gasteiger partial charge in [0.15, 0.2) is 11.5 Å². The Morgan fingerprint density at radius 3 is 2.32 bits per heavy atom. The topological polar surface area (TPSA) is 71.3 Å². The fourth-order valence-electron chi connectivity index (χ4n) is 2.24. The van der Waals surface area contributed by atoms with Gasteiger partial charge in [0.1, 0.15) is 5.82 Å². The summed E-state index contributed by atoms with van der Waals surface area (Å²) < 4.78 is 18.9. The Morgan fingerprint density at radius 2 is 1.56 bits per heavy atom. The maximum Gasteiger partial charge on any atom is 0.301 e. The van der Waals surface area contributed by atoms with Gasteiger partial charge in [0.05, 0.1) is 5.56 Å². The minimum absolute atomic E-state index is 0.0414. The molecule has 3 rings (SSSR count). The minimum atomic E-state index is -0.639. The lowest BCUT2D eigenvalue weighted by Crippen LogP contribution is -2.36. The Labute approximate surface area is 143 Å². The predicted molar refractivity (Wildman–Crippen MR) is 89.3 cm³/mol. The van der Waals surface area contributed by atoms with Crippen LogP contribution >= 0.6 is 0 Å². The highest BCUT2D eigenvalue weighted by Crippen LogP contribution is 2.16. The first kappa shape index (κ1) is 16.6. The molecular formula is C19H15FN2O3. The zero-order valence-corrected chi connectivity index (χ0v) is 13.2. The molecule has 0 saturated heterocycles. The summed E-state index contributed by atoms with van der Waals surface area (Å²) in [6.07, 6.45) is 0. The summed E-state index contributed by atoms with van der Waals surface area (Å²) in [5.41, 5.74) is 6.15. The summed E-state index contributed by atoms with van der Waals surface area (Å²) in [5.74, 6) is -1.92. The van der Waals surface area contributed by atoms with Gasteiger partial charge in [-0.15, -0.1) is 0 Å². The van der Waals surface area contributed by atoms with E-state index in [1.165, 1.54) is 30.3 Å². The molecule has 3 aromatic rings. The van der Waals surface area contributed by atoms with Crippen molar-refractivity contribution in [2.75, 3.05) is 0 Å². The van der Waals surface area contributed by atoms with E-state index < -0.39 is 17.5 Å². The molecule has 0 bridgehead atoms. The van der Waals surface area contributed by atoms with E-state index in [0.29, 0.717) is 6.54 Å². The molecule has 25 heavy (non-hydrogen) atoms. The Bertz CT molecular complexity index is 890. The van der Waals surface area contributed by atoms with Crippen molar-refractivity contribution in [2.24, 2.45) is 0 Å². The monoisotopic (exact) mass is 338 g/mol. The fourth-order valence-corrected chi connectivity index (χ4v) is 2.24. The number of hydrogen-bond donors (Lipinski definition) is 2. The van der Waals surface area contributed by atoms with Gasteiger partial charge in [0, 0.05) is 6.54 Å². The number of furan rings is 1. The smallest absolute Gasteiger partial charge is 0.301 e. The predicted octanol–water partition coefficient (Wildman–Crippen LogP) is 3.08. The number of amides is 1. The number of benzene rings is 2. The van der Waals surface area contributed by atoms with Crippen LogP contribution in [0.3, 0.4) is 0 Å². The highest BCUT2D eigenvalue weighted by molar-refractivity contribution is 6.07. The molecule has 0 aliphatic rings. The van der Waals surface area contributed by atoms with E-state index in [9.17, 15) is 14.0 Å². The van der Waals surface area contributed by atoms with Crippen molar-refractivity contribution in [1.82, 2.24) is 10.9 Å². The summed E-state index contributed by atoms with van der Waals surface area (Å²) in [6.45, 7) is 0.439. The molecule has 1 amide bonds. The molecule has 1 aromatic heterocycles. The first-order chi connectivity index (χ1) is 12.1. The minimum Gasteiger partial charge on any atom is -0.447 e. The molecule has 0 aliphatic carbocycles. The molecule has 6 heteroatoms. The van der Waals surface area contributed by atoms with Gasteiger partial charge in [-0.05, 0) is 29.8 Å². The molecule has 0 unspecified atom stereocenters. The third-order valence-corrected chi connectivity index (χ3v) is 3.51. The van der Waals surface area contributed by atoms with Crippen LogP contribution in [-0.4, -0.2) is 11.7 Å². The second-order valence-electron chi connectivity index (χ2n) is 5.27. The second-order valence-corrected chi connectivity index (χ2v) is 5.27. The van der Waals surface area contributed by atoms with Crippen molar-refractivity contribution < 1.29 is 18.4 Å². The van der Waals surface area contributed by atoms with Gasteiger partial charge in [-0.2, -0.15) is 0 Å². The fraction of sp³-hybridized carbons (Fsp3) is 0.0526. The molecule has 0 atom stereocenters. The lowest BCUT2D eigenvalue weighted by molar-refractivity contribution is 0.0898. The van der Waals surface area contributed by atoms with Gasteiger partial charge in [-0.25, -0.2) is 9.82 Å². The van der Waals surface area contributed by atoms with E-state index in [4.69, 9.17) is 4.42 Å². The van der Waals surface area contributed by atoms with Crippen LogP contribution in [0.25, 0.3) is 0 Å². The molecule has 2 N–H and O–H groups in total. The first-order valence-electron chi connectivity index (χ1n) is 7.61. The first-order valence-corrected chi connectivity index (χ1v) is 7.61. The van der Waals surface area contributed by atoms with Crippen LogP contribution in [0.15, 0.2) is 71.1 Å². The van der Waals surface area contributed by atoms with Gasteiger partial charge >= 0.3 is 5.91 Å². The van der Waals surface area contributed by atoms with Gasteiger partial charge in [0.2, 0.25) is 5.78 Å². The Morgan fingerprint density at radius 1 is 0.880 bits per heavy atom. The van der Waals surface area contributed by atoms with Gasteiger partial charge in [0.25, 0.3) is 0 Å². The van der Waals surface area contributed by atoms with E-state index in [0.717, 1.165) is 5.56 Å². The maximum absolute atomic E-state index is 13.7. The van der Waals surface area contributed by atoms with Gasteiger partial charge in [-0.1, -0.05) is 42.5 Å². The van der Waals surface area contributed by atoms with Crippen LogP contribution in [0, 0.1) is 5.82 Å². The van der Waals surface area contributed by atoms with Crippen LogP contribution in [0.2, 0.25) is 0 Å². The number of carbonyl (C=O) groups is 2. The molecule has 126 valence electrons. The van der Waals surface area contributed by atoms with E-state index in [1.807, 2.05) is 30.3 Å². The molecule has 0 aliphatic heterocycles. The number of hydrogen-bond acceptors (Lipinski definition) is 4. The number of halogens is 1. The number of nitrogens with one attached hydrogen (secondary N) is 2. The third-order valence-electron chi connectivity index (χ3n) is 3.51. The summed E-state index contributed by atoms with van der Waals surface area (Å²) in [7, 11) is 0. The zero-order valence-electron chi connectivity index (χ0n) is 13.2. The molecular weight excluding hydrogens is 323 g/mol. The van der Waals surface area contributed by atoms with E-state index in [2.05, 4.69) is 10.9 Å². The second kappa shape index (κ2) is 7.55. The van der Waals surface area contributed by atoms with Crippen molar-refractivity contribution in [1.29, 1.82) is 0 Å². The van der Waals surface area contributed by atoms with Crippen molar-refractivity contribution in [3.63, 3.8) is 0 Å². The van der Waals surface area contributed by atoms with Crippen molar-refractivity contribution in [2.45, 2.75) is 6.54 Å². The normalized spacial score (nSPS) is 10.4. The number of hydrazine groups is 1. The standard InChI is InChI=1S/C19H15FN2O3/c20-15-9-5-4-8-14(15)18(23)16-10-11-17(25-16)19(24)22-21-12-13-6-2-1-3-7-13/h1-11,21H,12H2,(H,22,24). The molecule has 2 aromatic carbocycles. The van der Waals surface area contributed by atoms with Crippen molar-refractivity contribution >= 4 is 11.7 Å². The zero-order chi connectivity index (χ0) is 17.6. The largest absolute Gasteiger partial charge is 0.447 e. The van der Waals surface area contributed by atoms with E-state index in [1.54, 1.807) is 6.07 Å². The SMILES string of the molecule is O=C(NNCc1ccccc1)c1ccc(C(=O)c2ccccc2F)o1. The summed E-state index contributed by atoms with van der Waals surface area (Å²) >= 11 is 0. The van der Waals surface area contributed by atoms with Crippen LogP contribution in [0.5, 0.6) is 0 Å². The Balaban J connectivity index is 1.62. The van der Waals surface area contributed by atoms with Crippen LogP contribution in [0.4, 0.5) is 4.39 Å². The molecule has 0 spiro atoms. The summed E-state index contributed by atoms with van der Waals surface area (Å²) in [4.78, 5) is 24.2. The quantitative estimate of drug-likeness (QED) is 0.535. The van der Waals surface area contributed by atoms with Crippen LogP contribution < -0.4 is 10.9 Å². The number of carbonyl (C=O) groups excluding carboxylic acids is 2. The van der Waals surface area contributed by atoms with Crippen molar-refractivity contribution in [3.05, 3.63) is 95.2 Å². The van der Waals surface area contributed by atoms with Gasteiger partial charge < -0.3 is 4.42 Å².